The van der Waals surface area contributed by atoms with Gasteiger partial charge in [-0.2, -0.15) is 0 Å². The number of fused-ring (bicyclic) bond motifs is 1. The van der Waals surface area contributed by atoms with Crippen LogP contribution in [0.2, 0.25) is 0 Å². The number of carbonyl (C=O) groups is 1. The first kappa shape index (κ1) is 14.8. The van der Waals surface area contributed by atoms with Gasteiger partial charge in [-0.05, 0) is 44.2 Å². The van der Waals surface area contributed by atoms with Gasteiger partial charge in [0, 0.05) is 12.6 Å². The van der Waals surface area contributed by atoms with Crippen LogP contribution in [0.1, 0.15) is 47.0 Å². The fraction of sp³-hybridized carbons (Fsp3) is 0.444. The standard InChI is InChI=1S/C18H22N2O2/c1-12-16(13(2)22-19-12)11-18(21)20(3)17-10-6-8-14-7-4-5-9-15(14)17/h4-5,7,9,17H,6,8,10-11H2,1-3H3. The van der Waals surface area contributed by atoms with Gasteiger partial charge in [0.15, 0.2) is 0 Å². The van der Waals surface area contributed by atoms with Crippen LogP contribution in [0.4, 0.5) is 0 Å². The average molecular weight is 298 g/mol. The van der Waals surface area contributed by atoms with Crippen LogP contribution in [0, 0.1) is 13.8 Å². The van der Waals surface area contributed by atoms with Crippen LogP contribution in [0.15, 0.2) is 28.8 Å². The number of aryl methyl sites for hydroxylation is 3. The van der Waals surface area contributed by atoms with Crippen LogP contribution in [-0.2, 0) is 17.6 Å². The molecule has 1 amide bonds. The van der Waals surface area contributed by atoms with Crippen molar-refractivity contribution in [3.8, 4) is 0 Å². The van der Waals surface area contributed by atoms with E-state index in [1.54, 1.807) is 0 Å². The van der Waals surface area contributed by atoms with Gasteiger partial charge in [0.2, 0.25) is 5.91 Å². The number of hydrogen-bond acceptors (Lipinski definition) is 3. The maximum absolute atomic E-state index is 12.7. The number of carbonyl (C=O) groups excluding carboxylic acids is 1. The largest absolute Gasteiger partial charge is 0.361 e. The van der Waals surface area contributed by atoms with E-state index in [0.717, 1.165) is 36.3 Å². The van der Waals surface area contributed by atoms with Gasteiger partial charge < -0.3 is 9.42 Å². The van der Waals surface area contributed by atoms with E-state index in [9.17, 15) is 4.79 Å². The summed E-state index contributed by atoms with van der Waals surface area (Å²) < 4.78 is 5.16. The zero-order valence-corrected chi connectivity index (χ0v) is 13.4. The predicted molar refractivity (Wildman–Crippen MR) is 84.6 cm³/mol. The highest BCUT2D eigenvalue weighted by atomic mass is 16.5. The second-order valence-electron chi connectivity index (χ2n) is 6.09. The SMILES string of the molecule is Cc1noc(C)c1CC(=O)N(C)C1CCCc2ccccc21. The van der Waals surface area contributed by atoms with Crippen LogP contribution >= 0.6 is 0 Å². The number of likely N-dealkylation sites (N-methyl/N-ethyl adjacent to an activating group) is 1. The first-order valence-corrected chi connectivity index (χ1v) is 7.83. The second kappa shape index (κ2) is 5.95. The average Bonchev–Trinajstić information content (AvgIpc) is 2.85. The Morgan fingerprint density at radius 2 is 2.14 bits per heavy atom. The van der Waals surface area contributed by atoms with E-state index >= 15 is 0 Å². The molecule has 4 nitrogen and oxygen atoms in total. The summed E-state index contributed by atoms with van der Waals surface area (Å²) in [5.41, 5.74) is 4.39. The Morgan fingerprint density at radius 1 is 1.36 bits per heavy atom. The summed E-state index contributed by atoms with van der Waals surface area (Å²) in [7, 11) is 1.91. The van der Waals surface area contributed by atoms with E-state index in [4.69, 9.17) is 4.52 Å². The third-order valence-corrected chi connectivity index (χ3v) is 4.71. The summed E-state index contributed by atoms with van der Waals surface area (Å²) in [6, 6.07) is 8.64. The van der Waals surface area contributed by atoms with Gasteiger partial charge in [-0.15, -0.1) is 0 Å². The lowest BCUT2D eigenvalue weighted by molar-refractivity contribution is -0.131. The Labute approximate surface area is 131 Å². The summed E-state index contributed by atoms with van der Waals surface area (Å²) >= 11 is 0. The van der Waals surface area contributed by atoms with E-state index in [1.165, 1.54) is 11.1 Å². The van der Waals surface area contributed by atoms with Crippen LogP contribution < -0.4 is 0 Å². The smallest absolute Gasteiger partial charge is 0.227 e. The third kappa shape index (κ3) is 2.65. The fourth-order valence-electron chi connectivity index (χ4n) is 3.33. The number of hydrogen-bond donors (Lipinski definition) is 0. The Hall–Kier alpha value is -2.10. The lowest BCUT2D eigenvalue weighted by Gasteiger charge is -2.33. The van der Waals surface area contributed by atoms with Crippen molar-refractivity contribution in [2.45, 2.75) is 45.6 Å². The van der Waals surface area contributed by atoms with Gasteiger partial charge in [-0.3, -0.25) is 4.79 Å². The summed E-state index contributed by atoms with van der Waals surface area (Å²) in [6.45, 7) is 3.74. The summed E-state index contributed by atoms with van der Waals surface area (Å²) in [4.78, 5) is 14.6. The maximum Gasteiger partial charge on any atom is 0.227 e. The normalized spacial score (nSPS) is 17.1. The molecule has 1 aromatic heterocycles. The molecule has 4 heteroatoms. The minimum Gasteiger partial charge on any atom is -0.361 e. The molecule has 0 saturated heterocycles. The van der Waals surface area contributed by atoms with Gasteiger partial charge in [0.25, 0.3) is 0 Å². The van der Waals surface area contributed by atoms with E-state index in [2.05, 4.69) is 29.4 Å². The number of amides is 1. The summed E-state index contributed by atoms with van der Waals surface area (Å²) in [6.07, 6.45) is 3.63. The molecule has 1 aliphatic rings. The Balaban J connectivity index is 1.80. The predicted octanol–water partition coefficient (Wildman–Crippen LogP) is 3.37. The number of aromatic nitrogens is 1. The van der Waals surface area contributed by atoms with Crippen molar-refractivity contribution >= 4 is 5.91 Å². The van der Waals surface area contributed by atoms with Crippen molar-refractivity contribution in [3.63, 3.8) is 0 Å². The number of nitrogens with zero attached hydrogens (tertiary/aromatic N) is 2. The second-order valence-corrected chi connectivity index (χ2v) is 6.09. The van der Waals surface area contributed by atoms with Gasteiger partial charge in [0.1, 0.15) is 5.76 Å². The molecule has 116 valence electrons. The van der Waals surface area contributed by atoms with Crippen molar-refractivity contribution < 1.29 is 9.32 Å². The van der Waals surface area contributed by atoms with E-state index < -0.39 is 0 Å². The topological polar surface area (TPSA) is 46.3 Å². The van der Waals surface area contributed by atoms with Crippen molar-refractivity contribution in [1.29, 1.82) is 0 Å². The molecule has 1 unspecified atom stereocenters. The van der Waals surface area contributed by atoms with Crippen molar-refractivity contribution in [2.75, 3.05) is 7.05 Å². The number of benzene rings is 1. The van der Waals surface area contributed by atoms with Gasteiger partial charge in [0.05, 0.1) is 18.2 Å². The van der Waals surface area contributed by atoms with Gasteiger partial charge in [-0.25, -0.2) is 0 Å². The lowest BCUT2D eigenvalue weighted by Crippen LogP contribution is -2.34. The monoisotopic (exact) mass is 298 g/mol. The molecule has 0 N–H and O–H groups in total. The molecular formula is C18H22N2O2. The highest BCUT2D eigenvalue weighted by Crippen LogP contribution is 2.33. The van der Waals surface area contributed by atoms with E-state index in [0.29, 0.717) is 6.42 Å². The Kier molecular flexibility index (Phi) is 4.01. The minimum absolute atomic E-state index is 0.121. The van der Waals surface area contributed by atoms with Gasteiger partial charge in [-0.1, -0.05) is 29.4 Å². The molecule has 1 aliphatic carbocycles. The highest BCUT2D eigenvalue weighted by Gasteiger charge is 2.27. The molecule has 3 rings (SSSR count). The quantitative estimate of drug-likeness (QED) is 0.872. The van der Waals surface area contributed by atoms with E-state index in [-0.39, 0.29) is 11.9 Å². The van der Waals surface area contributed by atoms with Crippen LogP contribution in [0.3, 0.4) is 0 Å². The Bertz CT molecular complexity index is 671. The molecule has 1 aromatic carbocycles. The third-order valence-electron chi connectivity index (χ3n) is 4.71. The van der Waals surface area contributed by atoms with Crippen molar-refractivity contribution in [2.24, 2.45) is 0 Å². The molecule has 0 aliphatic heterocycles. The van der Waals surface area contributed by atoms with Crippen LogP contribution in [0.25, 0.3) is 0 Å². The summed E-state index contributed by atoms with van der Waals surface area (Å²) in [5.74, 6) is 0.861. The number of rotatable bonds is 3. The molecule has 0 spiro atoms. The fourth-order valence-corrected chi connectivity index (χ4v) is 3.33. The minimum atomic E-state index is 0.121. The zero-order chi connectivity index (χ0) is 15.7. The van der Waals surface area contributed by atoms with Crippen molar-refractivity contribution in [1.82, 2.24) is 10.1 Å². The maximum atomic E-state index is 12.7. The molecule has 1 heterocycles. The Morgan fingerprint density at radius 3 is 2.86 bits per heavy atom. The molecule has 0 saturated carbocycles. The molecule has 0 bridgehead atoms. The molecule has 2 aromatic rings. The molecule has 22 heavy (non-hydrogen) atoms. The highest BCUT2D eigenvalue weighted by molar-refractivity contribution is 5.79. The van der Waals surface area contributed by atoms with Crippen LogP contribution in [-0.4, -0.2) is 23.0 Å². The first-order chi connectivity index (χ1) is 10.6. The summed E-state index contributed by atoms with van der Waals surface area (Å²) in [5, 5.41) is 3.93. The van der Waals surface area contributed by atoms with E-state index in [1.807, 2.05) is 25.8 Å². The zero-order valence-electron chi connectivity index (χ0n) is 13.4. The first-order valence-electron chi connectivity index (χ1n) is 7.83. The van der Waals surface area contributed by atoms with Crippen LogP contribution in [0.5, 0.6) is 0 Å². The lowest BCUT2D eigenvalue weighted by atomic mass is 9.87. The molecule has 0 fully saturated rings. The molecule has 1 atom stereocenters. The molecular weight excluding hydrogens is 276 g/mol. The van der Waals surface area contributed by atoms with Gasteiger partial charge >= 0.3 is 0 Å². The van der Waals surface area contributed by atoms with Crippen molar-refractivity contribution in [3.05, 3.63) is 52.4 Å². The molecule has 0 radical (unpaired) electrons.